The Kier molecular flexibility index (Phi) is 14.8. The van der Waals surface area contributed by atoms with E-state index in [4.69, 9.17) is 42.4 Å². The van der Waals surface area contributed by atoms with E-state index in [1.54, 1.807) is 80.0 Å². The molecular formula is C40H52Cl2N6O7S. The number of amidine groups is 1. The van der Waals surface area contributed by atoms with E-state index in [2.05, 4.69) is 4.72 Å². The van der Waals surface area contributed by atoms with Gasteiger partial charge in [0, 0.05) is 69.1 Å². The maximum absolute atomic E-state index is 15.1. The van der Waals surface area contributed by atoms with Gasteiger partial charge in [-0.25, -0.2) is 17.9 Å². The lowest BCUT2D eigenvalue weighted by Crippen LogP contribution is -2.55. The van der Waals surface area contributed by atoms with Gasteiger partial charge in [0.15, 0.2) is 0 Å². The number of hydrogen-bond donors (Lipinski definition) is 1. The molecule has 1 saturated heterocycles. The number of benzene rings is 3. The summed E-state index contributed by atoms with van der Waals surface area (Å²) in [6.45, 7) is 11.0. The van der Waals surface area contributed by atoms with Crippen molar-refractivity contribution < 1.29 is 32.2 Å². The SMILES string of the molecule is CCOc1ccc(S(=O)(=O)NC(C)(C)C)cc1C1=N[C@@H](c2ccc(Cl)cc2)[C@@H](c2ccc(Cl)cc2)N1C(=O)N1CCN(CC(=O)N(CCOC)CCOC)CC1. The van der Waals surface area contributed by atoms with E-state index in [0.717, 1.165) is 11.1 Å². The molecule has 0 spiro atoms. The third-order valence-electron chi connectivity index (χ3n) is 9.42. The molecule has 3 amide bonds. The summed E-state index contributed by atoms with van der Waals surface area (Å²) in [7, 11) is -0.791. The fourth-order valence-corrected chi connectivity index (χ4v) is 8.45. The minimum atomic E-state index is -3.99. The second-order valence-electron chi connectivity index (χ2n) is 14.7. The van der Waals surface area contributed by atoms with Crippen molar-refractivity contribution >= 4 is 51.0 Å². The highest BCUT2D eigenvalue weighted by atomic mass is 35.5. The number of hydrogen-bond acceptors (Lipinski definition) is 9. The van der Waals surface area contributed by atoms with Gasteiger partial charge in [0.25, 0.3) is 0 Å². The zero-order valence-corrected chi connectivity index (χ0v) is 35.2. The summed E-state index contributed by atoms with van der Waals surface area (Å²) in [5.74, 6) is 0.594. The number of aliphatic imine (C=N–C) groups is 1. The van der Waals surface area contributed by atoms with Gasteiger partial charge in [-0.1, -0.05) is 47.5 Å². The Balaban J connectivity index is 1.55. The Morgan fingerprint density at radius 1 is 0.875 bits per heavy atom. The first-order valence-corrected chi connectivity index (χ1v) is 20.9. The van der Waals surface area contributed by atoms with Crippen molar-refractivity contribution in [1.29, 1.82) is 0 Å². The molecular weight excluding hydrogens is 779 g/mol. The molecule has 2 aliphatic heterocycles. The number of amides is 3. The van der Waals surface area contributed by atoms with Gasteiger partial charge >= 0.3 is 6.03 Å². The minimum absolute atomic E-state index is 0.00212. The Hall–Kier alpha value is -3.76. The second kappa shape index (κ2) is 19.1. The monoisotopic (exact) mass is 830 g/mol. The first-order valence-electron chi connectivity index (χ1n) is 18.6. The predicted octanol–water partition coefficient (Wildman–Crippen LogP) is 5.87. The summed E-state index contributed by atoms with van der Waals surface area (Å²) < 4.78 is 46.6. The van der Waals surface area contributed by atoms with Gasteiger partial charge in [0.05, 0.1) is 42.9 Å². The average molecular weight is 832 g/mol. The molecule has 0 bridgehead atoms. The van der Waals surface area contributed by atoms with Crippen molar-refractivity contribution in [2.75, 3.05) is 79.9 Å². The molecule has 2 atom stereocenters. The largest absolute Gasteiger partial charge is 0.493 e. The van der Waals surface area contributed by atoms with E-state index in [0.29, 0.717) is 73.8 Å². The summed E-state index contributed by atoms with van der Waals surface area (Å²) in [5, 5.41) is 1.08. The molecule has 3 aromatic rings. The number of piperazine rings is 1. The number of sulfonamides is 1. The van der Waals surface area contributed by atoms with Crippen LogP contribution in [0.1, 0.15) is 56.5 Å². The molecule has 2 heterocycles. The Labute approximate surface area is 340 Å². The van der Waals surface area contributed by atoms with Gasteiger partial charge in [-0.3, -0.25) is 19.6 Å². The van der Waals surface area contributed by atoms with E-state index >= 15 is 4.79 Å². The Morgan fingerprint density at radius 3 is 1.98 bits per heavy atom. The Bertz CT molecular complexity index is 1940. The molecule has 16 heteroatoms. The highest BCUT2D eigenvalue weighted by Crippen LogP contribution is 2.46. The smallest absolute Gasteiger partial charge is 0.326 e. The number of carbonyl (C=O) groups excluding carboxylic acids is 2. The number of ether oxygens (including phenoxy) is 3. The number of rotatable bonds is 15. The average Bonchev–Trinajstić information content (AvgIpc) is 3.55. The quantitative estimate of drug-likeness (QED) is 0.201. The summed E-state index contributed by atoms with van der Waals surface area (Å²) in [6, 6.07) is 17.6. The lowest BCUT2D eigenvalue weighted by atomic mass is 9.93. The maximum atomic E-state index is 15.1. The van der Waals surface area contributed by atoms with Gasteiger partial charge < -0.3 is 24.0 Å². The molecule has 0 radical (unpaired) electrons. The summed E-state index contributed by atoms with van der Waals surface area (Å²) >= 11 is 12.7. The van der Waals surface area contributed by atoms with Crippen LogP contribution in [0, 0.1) is 0 Å². The topological polar surface area (TPSA) is 133 Å². The fraction of sp³-hybridized carbons (Fsp3) is 0.475. The van der Waals surface area contributed by atoms with Gasteiger partial charge in [-0.2, -0.15) is 0 Å². The van der Waals surface area contributed by atoms with Crippen LogP contribution in [0.4, 0.5) is 4.79 Å². The standard InChI is InChI=1S/C40H52Cl2N6O7S/c1-7-55-34-17-16-32(56(51,52)44-40(2,3)4)26-33(34)38-43-36(28-8-12-30(41)13-9-28)37(29-10-14-31(42)15-11-29)48(38)39(50)47-20-18-45(19-21-47)27-35(49)46(22-24-53-5)23-25-54-6/h8-17,26,36-37,44H,7,18-25,27H2,1-6H3/t36-,37+/m0/s1. The molecule has 0 saturated carbocycles. The van der Waals surface area contributed by atoms with Gasteiger partial charge in [-0.15, -0.1) is 0 Å². The van der Waals surface area contributed by atoms with E-state index in [-0.39, 0.29) is 35.8 Å². The summed E-state index contributed by atoms with van der Waals surface area (Å²) in [5.41, 5.74) is 1.17. The third-order valence-corrected chi connectivity index (χ3v) is 11.7. The van der Waals surface area contributed by atoms with E-state index < -0.39 is 27.6 Å². The van der Waals surface area contributed by atoms with Crippen LogP contribution in [0.5, 0.6) is 5.75 Å². The zero-order chi connectivity index (χ0) is 40.6. The van der Waals surface area contributed by atoms with Crippen molar-refractivity contribution in [2.24, 2.45) is 4.99 Å². The van der Waals surface area contributed by atoms with Crippen LogP contribution in [-0.4, -0.2) is 131 Å². The maximum Gasteiger partial charge on any atom is 0.326 e. The number of nitrogens with one attached hydrogen (secondary N) is 1. The normalized spacial score (nSPS) is 17.9. The van der Waals surface area contributed by atoms with Crippen LogP contribution in [-0.2, 0) is 24.3 Å². The van der Waals surface area contributed by atoms with Gasteiger partial charge in [0.2, 0.25) is 15.9 Å². The summed E-state index contributed by atoms with van der Waals surface area (Å²) in [6.07, 6.45) is 0. The molecule has 56 heavy (non-hydrogen) atoms. The number of nitrogens with zero attached hydrogens (tertiary/aromatic N) is 5. The molecule has 13 nitrogen and oxygen atoms in total. The van der Waals surface area contributed by atoms with E-state index in [1.165, 1.54) is 12.1 Å². The van der Waals surface area contributed by atoms with Gasteiger partial charge in [-0.05, 0) is 81.3 Å². The Morgan fingerprint density at radius 2 is 1.45 bits per heavy atom. The number of methoxy groups -OCH3 is 2. The molecule has 1 fully saturated rings. The van der Waals surface area contributed by atoms with Crippen molar-refractivity contribution in [1.82, 2.24) is 24.3 Å². The third kappa shape index (κ3) is 10.8. The number of urea groups is 1. The van der Waals surface area contributed by atoms with E-state index in [1.807, 2.05) is 36.1 Å². The predicted molar refractivity (Wildman–Crippen MR) is 218 cm³/mol. The first kappa shape index (κ1) is 43.4. The van der Waals surface area contributed by atoms with Crippen LogP contribution in [0.25, 0.3) is 0 Å². The van der Waals surface area contributed by atoms with Crippen LogP contribution in [0.15, 0.2) is 76.6 Å². The molecule has 5 rings (SSSR count). The van der Waals surface area contributed by atoms with Crippen molar-refractivity contribution in [3.05, 3.63) is 93.5 Å². The van der Waals surface area contributed by atoms with Crippen molar-refractivity contribution in [2.45, 2.75) is 50.2 Å². The molecule has 2 aliphatic rings. The molecule has 0 unspecified atom stereocenters. The molecule has 304 valence electrons. The lowest BCUT2D eigenvalue weighted by molar-refractivity contribution is -0.134. The number of halogens is 2. The molecule has 0 aliphatic carbocycles. The lowest BCUT2D eigenvalue weighted by Gasteiger charge is -2.39. The number of carbonyl (C=O) groups is 2. The molecule has 0 aromatic heterocycles. The van der Waals surface area contributed by atoms with Crippen molar-refractivity contribution in [3.8, 4) is 5.75 Å². The summed E-state index contributed by atoms with van der Waals surface area (Å²) in [4.78, 5) is 40.8. The van der Waals surface area contributed by atoms with Crippen LogP contribution >= 0.6 is 23.2 Å². The minimum Gasteiger partial charge on any atom is -0.493 e. The first-order chi connectivity index (χ1) is 26.6. The van der Waals surface area contributed by atoms with Crippen molar-refractivity contribution in [3.63, 3.8) is 0 Å². The molecule has 1 N–H and O–H groups in total. The highest BCUT2D eigenvalue weighted by Gasteiger charge is 2.45. The second-order valence-corrected chi connectivity index (χ2v) is 17.2. The van der Waals surface area contributed by atoms with Crippen LogP contribution in [0.2, 0.25) is 10.0 Å². The van der Waals surface area contributed by atoms with Crippen LogP contribution < -0.4 is 9.46 Å². The molecule has 3 aromatic carbocycles. The van der Waals surface area contributed by atoms with Crippen LogP contribution in [0.3, 0.4) is 0 Å². The zero-order valence-electron chi connectivity index (χ0n) is 32.8. The fourth-order valence-electron chi connectivity index (χ4n) is 6.75. The highest BCUT2D eigenvalue weighted by molar-refractivity contribution is 7.89. The van der Waals surface area contributed by atoms with Gasteiger partial charge in [0.1, 0.15) is 17.6 Å². The van der Waals surface area contributed by atoms with E-state index in [9.17, 15) is 13.2 Å².